The number of benzene rings is 2. The molecule has 1 aliphatic rings. The second kappa shape index (κ2) is 9.80. The summed E-state index contributed by atoms with van der Waals surface area (Å²) >= 11 is 0. The number of hydrogen-bond donors (Lipinski definition) is 3. The van der Waals surface area contributed by atoms with Gasteiger partial charge in [-0.05, 0) is 36.1 Å². The molecule has 0 bridgehead atoms. The van der Waals surface area contributed by atoms with Crippen LogP contribution in [-0.4, -0.2) is 55.0 Å². The topological polar surface area (TPSA) is 123 Å². The molecule has 0 aliphatic heterocycles. The van der Waals surface area contributed by atoms with Crippen molar-refractivity contribution >= 4 is 18.0 Å². The highest BCUT2D eigenvalue weighted by molar-refractivity contribution is 5.89. The van der Waals surface area contributed by atoms with Gasteiger partial charge in [0, 0.05) is 13.0 Å². The molecule has 2 atom stereocenters. The molecule has 0 fully saturated rings. The number of alkyl carbamates (subject to hydrolysis) is 1. The molecule has 170 valence electrons. The zero-order chi connectivity index (χ0) is 23.3. The standard InChI is InChI=1S/C23H26N2O7/c1-14(20(26)27)32-25-21(28)23(2,13-30-3)24-22(29)31-12-19-17-10-6-4-8-15(17)16-9-5-7-11-18(16)19/h4-11,14,19H,12-13H2,1-3H3,(H,24,29)(H,25,28)(H,26,27). The Labute approximate surface area is 185 Å². The fourth-order valence-electron chi connectivity index (χ4n) is 3.61. The zero-order valence-electron chi connectivity index (χ0n) is 18.1. The van der Waals surface area contributed by atoms with Crippen LogP contribution in [0.4, 0.5) is 4.79 Å². The normalized spacial score (nSPS) is 15.1. The third-order valence-electron chi connectivity index (χ3n) is 5.33. The van der Waals surface area contributed by atoms with E-state index in [9.17, 15) is 14.4 Å². The van der Waals surface area contributed by atoms with Gasteiger partial charge in [-0.1, -0.05) is 48.5 Å². The first-order chi connectivity index (χ1) is 15.3. The van der Waals surface area contributed by atoms with Gasteiger partial charge in [0.05, 0.1) is 6.61 Å². The monoisotopic (exact) mass is 442 g/mol. The van der Waals surface area contributed by atoms with Crippen LogP contribution in [0, 0.1) is 0 Å². The summed E-state index contributed by atoms with van der Waals surface area (Å²) in [5, 5.41) is 11.4. The van der Waals surface area contributed by atoms with Gasteiger partial charge in [0.2, 0.25) is 0 Å². The van der Waals surface area contributed by atoms with Crippen LogP contribution in [0.3, 0.4) is 0 Å². The molecule has 0 heterocycles. The van der Waals surface area contributed by atoms with Crippen LogP contribution in [0.25, 0.3) is 11.1 Å². The molecule has 9 nitrogen and oxygen atoms in total. The van der Waals surface area contributed by atoms with Gasteiger partial charge in [0.1, 0.15) is 12.1 Å². The Hall–Kier alpha value is -3.43. The molecule has 32 heavy (non-hydrogen) atoms. The Kier molecular flexibility index (Phi) is 7.12. The summed E-state index contributed by atoms with van der Waals surface area (Å²) < 4.78 is 10.5. The predicted octanol–water partition coefficient (Wildman–Crippen LogP) is 2.45. The highest BCUT2D eigenvalue weighted by Gasteiger charge is 2.37. The van der Waals surface area contributed by atoms with E-state index in [0.717, 1.165) is 22.3 Å². The van der Waals surface area contributed by atoms with Crippen molar-refractivity contribution in [2.24, 2.45) is 0 Å². The summed E-state index contributed by atoms with van der Waals surface area (Å²) in [6.45, 7) is 2.57. The van der Waals surface area contributed by atoms with Gasteiger partial charge in [-0.15, -0.1) is 0 Å². The molecule has 0 spiro atoms. The Morgan fingerprint density at radius 2 is 1.62 bits per heavy atom. The molecular weight excluding hydrogens is 416 g/mol. The number of methoxy groups -OCH3 is 1. The lowest BCUT2D eigenvalue weighted by Gasteiger charge is -2.28. The number of carboxylic acid groups (broad SMARTS) is 1. The minimum Gasteiger partial charge on any atom is -0.479 e. The van der Waals surface area contributed by atoms with E-state index in [2.05, 4.69) is 5.32 Å². The molecule has 2 unspecified atom stereocenters. The molecule has 9 heteroatoms. The van der Waals surface area contributed by atoms with Crippen LogP contribution in [0.5, 0.6) is 0 Å². The number of rotatable bonds is 9. The summed E-state index contributed by atoms with van der Waals surface area (Å²) in [6.07, 6.45) is -2.08. The molecular formula is C23H26N2O7. The lowest BCUT2D eigenvalue weighted by molar-refractivity contribution is -0.161. The van der Waals surface area contributed by atoms with Crippen molar-refractivity contribution in [2.45, 2.75) is 31.4 Å². The van der Waals surface area contributed by atoms with Crippen LogP contribution in [-0.2, 0) is 23.9 Å². The average Bonchev–Trinajstić information content (AvgIpc) is 3.09. The second-order valence-electron chi connectivity index (χ2n) is 7.75. The van der Waals surface area contributed by atoms with Crippen molar-refractivity contribution in [3.63, 3.8) is 0 Å². The summed E-state index contributed by atoms with van der Waals surface area (Å²) in [6, 6.07) is 15.9. The Bertz CT molecular complexity index is 964. The number of nitrogens with one attached hydrogen (secondary N) is 2. The number of carbonyl (C=O) groups excluding carboxylic acids is 2. The average molecular weight is 442 g/mol. The number of fused-ring (bicyclic) bond motifs is 3. The first-order valence-electron chi connectivity index (χ1n) is 10.1. The van der Waals surface area contributed by atoms with Crippen LogP contribution >= 0.6 is 0 Å². The number of carbonyl (C=O) groups is 3. The van der Waals surface area contributed by atoms with E-state index in [0.29, 0.717) is 0 Å². The fourth-order valence-corrected chi connectivity index (χ4v) is 3.61. The number of hydrogen-bond acceptors (Lipinski definition) is 6. The van der Waals surface area contributed by atoms with Crippen molar-refractivity contribution < 1.29 is 33.8 Å². The van der Waals surface area contributed by atoms with E-state index < -0.39 is 29.6 Å². The minimum atomic E-state index is -1.55. The fraction of sp³-hybridized carbons (Fsp3) is 0.348. The van der Waals surface area contributed by atoms with Gasteiger partial charge in [0.15, 0.2) is 6.10 Å². The maximum atomic E-state index is 12.6. The number of carboxylic acids is 1. The number of ether oxygens (including phenoxy) is 2. The van der Waals surface area contributed by atoms with Crippen LogP contribution in [0.1, 0.15) is 30.9 Å². The number of aliphatic carboxylic acids is 1. The molecule has 0 aromatic heterocycles. The van der Waals surface area contributed by atoms with Crippen molar-refractivity contribution in [3.05, 3.63) is 59.7 Å². The van der Waals surface area contributed by atoms with Crippen molar-refractivity contribution in [2.75, 3.05) is 20.3 Å². The predicted molar refractivity (Wildman–Crippen MR) is 115 cm³/mol. The maximum absolute atomic E-state index is 12.6. The van der Waals surface area contributed by atoms with E-state index in [1.165, 1.54) is 21.0 Å². The molecule has 1 aliphatic carbocycles. The highest BCUT2D eigenvalue weighted by Crippen LogP contribution is 2.44. The van der Waals surface area contributed by atoms with Crippen LogP contribution < -0.4 is 10.8 Å². The molecule has 0 saturated heterocycles. The first kappa shape index (κ1) is 23.2. The summed E-state index contributed by atoms with van der Waals surface area (Å²) in [5.74, 6) is -2.15. The minimum absolute atomic E-state index is 0.0804. The van der Waals surface area contributed by atoms with E-state index in [1.807, 2.05) is 54.0 Å². The van der Waals surface area contributed by atoms with Gasteiger partial charge in [-0.25, -0.2) is 15.1 Å². The quantitative estimate of drug-likeness (QED) is 0.510. The highest BCUT2D eigenvalue weighted by atomic mass is 16.7. The number of amides is 2. The molecule has 2 aromatic rings. The van der Waals surface area contributed by atoms with Crippen molar-refractivity contribution in [1.82, 2.24) is 10.8 Å². The lowest BCUT2D eigenvalue weighted by Crippen LogP contribution is -2.60. The SMILES string of the molecule is COCC(C)(NC(=O)OCC1c2ccccc2-c2ccccc21)C(=O)NOC(C)C(=O)O. The molecule has 3 rings (SSSR count). The molecule has 2 aromatic carbocycles. The molecule has 0 radical (unpaired) electrons. The van der Waals surface area contributed by atoms with E-state index in [4.69, 9.17) is 19.4 Å². The Morgan fingerprint density at radius 3 is 2.16 bits per heavy atom. The molecule has 3 N–H and O–H groups in total. The van der Waals surface area contributed by atoms with Gasteiger partial charge < -0.3 is 19.9 Å². The smallest absolute Gasteiger partial charge is 0.408 e. The first-order valence-corrected chi connectivity index (χ1v) is 10.1. The van der Waals surface area contributed by atoms with E-state index in [1.54, 1.807) is 0 Å². The summed E-state index contributed by atoms with van der Waals surface area (Å²) in [7, 11) is 1.37. The Balaban J connectivity index is 1.66. The molecule has 0 saturated carbocycles. The second-order valence-corrected chi connectivity index (χ2v) is 7.75. The van der Waals surface area contributed by atoms with Crippen molar-refractivity contribution in [1.29, 1.82) is 0 Å². The lowest BCUT2D eigenvalue weighted by atomic mass is 9.98. The van der Waals surface area contributed by atoms with Gasteiger partial charge >= 0.3 is 12.1 Å². The Morgan fingerprint density at radius 1 is 1.06 bits per heavy atom. The van der Waals surface area contributed by atoms with Gasteiger partial charge in [-0.3, -0.25) is 9.63 Å². The van der Waals surface area contributed by atoms with Gasteiger partial charge in [-0.2, -0.15) is 0 Å². The number of hydroxylamine groups is 1. The van der Waals surface area contributed by atoms with E-state index >= 15 is 0 Å². The summed E-state index contributed by atoms with van der Waals surface area (Å²) in [5.41, 5.74) is 4.84. The third-order valence-corrected chi connectivity index (χ3v) is 5.33. The summed E-state index contributed by atoms with van der Waals surface area (Å²) in [4.78, 5) is 40.8. The maximum Gasteiger partial charge on any atom is 0.408 e. The zero-order valence-corrected chi connectivity index (χ0v) is 18.1. The third kappa shape index (κ3) is 4.90. The van der Waals surface area contributed by atoms with Crippen LogP contribution in [0.2, 0.25) is 0 Å². The van der Waals surface area contributed by atoms with Crippen molar-refractivity contribution in [3.8, 4) is 11.1 Å². The van der Waals surface area contributed by atoms with Crippen LogP contribution in [0.15, 0.2) is 48.5 Å². The largest absolute Gasteiger partial charge is 0.479 e. The molecule has 2 amide bonds. The van der Waals surface area contributed by atoms with E-state index in [-0.39, 0.29) is 19.1 Å². The van der Waals surface area contributed by atoms with Gasteiger partial charge in [0.25, 0.3) is 5.91 Å².